The number of aliphatic carboxylic acids is 1. The number of rotatable bonds is 10. The molecule has 0 aliphatic rings. The summed E-state index contributed by atoms with van der Waals surface area (Å²) < 4.78 is 5.62. The van der Waals surface area contributed by atoms with Gasteiger partial charge in [-0.05, 0) is 36.6 Å². The molecular weight excluding hydrogens is 294 g/mol. The van der Waals surface area contributed by atoms with E-state index in [-0.39, 0.29) is 11.8 Å². The van der Waals surface area contributed by atoms with Crippen LogP contribution in [-0.2, 0) is 4.79 Å². The number of carbonyl (C=O) groups is 2. The molecule has 128 valence electrons. The van der Waals surface area contributed by atoms with E-state index in [1.807, 2.05) is 0 Å². The SMILES string of the molecule is CCCCCCOc1ccc(C(=O)N[C@H](C(=O)O)C(C)C)cc1. The van der Waals surface area contributed by atoms with Crippen molar-refractivity contribution in [2.45, 2.75) is 52.5 Å². The van der Waals surface area contributed by atoms with Gasteiger partial charge in [0.15, 0.2) is 0 Å². The van der Waals surface area contributed by atoms with Crippen molar-refractivity contribution in [1.82, 2.24) is 5.32 Å². The van der Waals surface area contributed by atoms with Crippen LogP contribution in [0.2, 0.25) is 0 Å². The lowest BCUT2D eigenvalue weighted by atomic mass is 10.0. The maximum atomic E-state index is 12.1. The van der Waals surface area contributed by atoms with E-state index in [4.69, 9.17) is 9.84 Å². The Morgan fingerprint density at radius 3 is 2.30 bits per heavy atom. The molecule has 0 aliphatic heterocycles. The van der Waals surface area contributed by atoms with Crippen molar-refractivity contribution >= 4 is 11.9 Å². The molecule has 0 fully saturated rings. The minimum absolute atomic E-state index is 0.179. The molecule has 1 rings (SSSR count). The highest BCUT2D eigenvalue weighted by molar-refractivity contribution is 5.96. The third-order valence-electron chi connectivity index (χ3n) is 3.60. The van der Waals surface area contributed by atoms with Crippen LogP contribution in [0.5, 0.6) is 5.75 Å². The lowest BCUT2D eigenvalue weighted by Gasteiger charge is -2.18. The first-order valence-electron chi connectivity index (χ1n) is 8.22. The molecule has 1 aromatic carbocycles. The third-order valence-corrected chi connectivity index (χ3v) is 3.60. The quantitative estimate of drug-likeness (QED) is 0.647. The molecular formula is C18H27NO4. The smallest absolute Gasteiger partial charge is 0.326 e. The Morgan fingerprint density at radius 1 is 1.13 bits per heavy atom. The van der Waals surface area contributed by atoms with Crippen LogP contribution in [0.3, 0.4) is 0 Å². The molecule has 0 aromatic heterocycles. The molecule has 5 heteroatoms. The number of carbonyl (C=O) groups excluding carboxylic acids is 1. The fraction of sp³-hybridized carbons (Fsp3) is 0.556. The molecule has 5 nitrogen and oxygen atoms in total. The molecule has 0 radical (unpaired) electrons. The van der Waals surface area contributed by atoms with Crippen LogP contribution >= 0.6 is 0 Å². The van der Waals surface area contributed by atoms with E-state index in [9.17, 15) is 9.59 Å². The zero-order valence-corrected chi connectivity index (χ0v) is 14.2. The largest absolute Gasteiger partial charge is 0.494 e. The summed E-state index contributed by atoms with van der Waals surface area (Å²) in [5.41, 5.74) is 0.426. The van der Waals surface area contributed by atoms with Crippen molar-refractivity contribution in [1.29, 1.82) is 0 Å². The molecule has 1 amide bonds. The Hall–Kier alpha value is -2.04. The van der Waals surface area contributed by atoms with Crippen molar-refractivity contribution in [3.8, 4) is 5.75 Å². The number of carboxylic acid groups (broad SMARTS) is 1. The van der Waals surface area contributed by atoms with Gasteiger partial charge in [0.2, 0.25) is 0 Å². The van der Waals surface area contributed by atoms with Gasteiger partial charge in [-0.1, -0.05) is 40.0 Å². The first-order chi connectivity index (χ1) is 11.0. The lowest BCUT2D eigenvalue weighted by Crippen LogP contribution is -2.44. The van der Waals surface area contributed by atoms with Crippen LogP contribution in [0.4, 0.5) is 0 Å². The van der Waals surface area contributed by atoms with Crippen molar-refractivity contribution < 1.29 is 19.4 Å². The van der Waals surface area contributed by atoms with Gasteiger partial charge in [0.1, 0.15) is 11.8 Å². The highest BCUT2D eigenvalue weighted by Crippen LogP contribution is 2.14. The van der Waals surface area contributed by atoms with E-state index in [1.165, 1.54) is 12.8 Å². The maximum Gasteiger partial charge on any atom is 0.326 e. The average Bonchev–Trinajstić information content (AvgIpc) is 2.52. The topological polar surface area (TPSA) is 75.6 Å². The molecule has 0 saturated heterocycles. The number of ether oxygens (including phenoxy) is 1. The van der Waals surface area contributed by atoms with Crippen molar-refractivity contribution in [3.63, 3.8) is 0 Å². The van der Waals surface area contributed by atoms with Crippen LogP contribution in [0.1, 0.15) is 56.8 Å². The predicted octanol–water partition coefficient (Wildman–Crippen LogP) is 3.48. The Kier molecular flexibility index (Phi) is 8.16. The van der Waals surface area contributed by atoms with Crippen LogP contribution in [-0.4, -0.2) is 29.6 Å². The van der Waals surface area contributed by atoms with Gasteiger partial charge < -0.3 is 15.2 Å². The number of amides is 1. The van der Waals surface area contributed by atoms with Crippen LogP contribution in [0.25, 0.3) is 0 Å². The Labute approximate surface area is 138 Å². The number of hydrogen-bond acceptors (Lipinski definition) is 3. The standard InChI is InChI=1S/C18H27NO4/c1-4-5-6-7-12-23-15-10-8-14(9-11-15)17(20)19-16(13(2)3)18(21)22/h8-11,13,16H,4-7,12H2,1-3H3,(H,19,20)(H,21,22)/t16-/m0/s1. The van der Waals surface area contributed by atoms with Crippen molar-refractivity contribution in [2.24, 2.45) is 5.92 Å². The van der Waals surface area contributed by atoms with Gasteiger partial charge in [-0.15, -0.1) is 0 Å². The molecule has 0 aliphatic carbocycles. The summed E-state index contributed by atoms with van der Waals surface area (Å²) in [6, 6.07) is 5.88. The Bertz CT molecular complexity index is 496. The van der Waals surface area contributed by atoms with Gasteiger partial charge in [0.25, 0.3) is 5.91 Å². The van der Waals surface area contributed by atoms with E-state index < -0.39 is 12.0 Å². The molecule has 1 aromatic rings. The molecule has 0 unspecified atom stereocenters. The zero-order valence-electron chi connectivity index (χ0n) is 14.2. The fourth-order valence-electron chi connectivity index (χ4n) is 2.16. The van der Waals surface area contributed by atoms with Gasteiger partial charge in [-0.2, -0.15) is 0 Å². The monoisotopic (exact) mass is 321 g/mol. The minimum atomic E-state index is -1.03. The van der Waals surface area contributed by atoms with E-state index in [0.717, 1.165) is 18.6 Å². The highest BCUT2D eigenvalue weighted by Gasteiger charge is 2.23. The molecule has 0 saturated carbocycles. The van der Waals surface area contributed by atoms with E-state index >= 15 is 0 Å². The second kappa shape index (κ2) is 9.87. The maximum absolute atomic E-state index is 12.1. The van der Waals surface area contributed by atoms with Crippen molar-refractivity contribution in [2.75, 3.05) is 6.61 Å². The van der Waals surface area contributed by atoms with Gasteiger partial charge in [0, 0.05) is 5.56 Å². The highest BCUT2D eigenvalue weighted by atomic mass is 16.5. The lowest BCUT2D eigenvalue weighted by molar-refractivity contribution is -0.140. The summed E-state index contributed by atoms with van der Waals surface area (Å²) in [6.45, 7) is 6.35. The number of unbranched alkanes of at least 4 members (excludes halogenated alkanes) is 3. The van der Waals surface area contributed by atoms with E-state index in [1.54, 1.807) is 38.1 Å². The minimum Gasteiger partial charge on any atom is -0.494 e. The van der Waals surface area contributed by atoms with E-state index in [2.05, 4.69) is 12.2 Å². The first-order valence-corrected chi connectivity index (χ1v) is 8.22. The van der Waals surface area contributed by atoms with Gasteiger partial charge in [-0.25, -0.2) is 4.79 Å². The second-order valence-corrected chi connectivity index (χ2v) is 5.97. The number of carboxylic acids is 1. The third kappa shape index (κ3) is 6.72. The number of nitrogens with one attached hydrogen (secondary N) is 1. The summed E-state index contributed by atoms with van der Waals surface area (Å²) in [5.74, 6) is -0.875. The van der Waals surface area contributed by atoms with Crippen LogP contribution in [0.15, 0.2) is 24.3 Å². The summed E-state index contributed by atoms with van der Waals surface area (Å²) in [5, 5.41) is 11.6. The molecule has 0 spiro atoms. The second-order valence-electron chi connectivity index (χ2n) is 5.97. The van der Waals surface area contributed by atoms with E-state index in [0.29, 0.717) is 12.2 Å². The van der Waals surface area contributed by atoms with Crippen molar-refractivity contribution in [3.05, 3.63) is 29.8 Å². The Morgan fingerprint density at radius 2 is 1.78 bits per heavy atom. The summed E-state index contributed by atoms with van der Waals surface area (Å²) in [7, 11) is 0. The van der Waals surface area contributed by atoms with Gasteiger partial charge >= 0.3 is 5.97 Å². The number of hydrogen-bond donors (Lipinski definition) is 2. The summed E-state index contributed by atoms with van der Waals surface area (Å²) in [4.78, 5) is 23.2. The normalized spacial score (nSPS) is 12.0. The molecule has 0 heterocycles. The molecule has 1 atom stereocenters. The average molecular weight is 321 g/mol. The summed E-state index contributed by atoms with van der Waals surface area (Å²) in [6.07, 6.45) is 4.58. The Balaban J connectivity index is 2.52. The predicted molar refractivity (Wildman–Crippen MR) is 89.8 cm³/mol. The van der Waals surface area contributed by atoms with Crippen LogP contribution in [0, 0.1) is 5.92 Å². The molecule has 2 N–H and O–H groups in total. The zero-order chi connectivity index (χ0) is 17.2. The van der Waals surface area contributed by atoms with Gasteiger partial charge in [0.05, 0.1) is 6.61 Å². The molecule has 23 heavy (non-hydrogen) atoms. The first kappa shape index (κ1) is 19.0. The molecule has 0 bridgehead atoms. The number of benzene rings is 1. The summed E-state index contributed by atoms with van der Waals surface area (Å²) >= 11 is 0. The van der Waals surface area contributed by atoms with Crippen LogP contribution < -0.4 is 10.1 Å². The fourth-order valence-corrected chi connectivity index (χ4v) is 2.16. The van der Waals surface area contributed by atoms with Gasteiger partial charge in [-0.3, -0.25) is 4.79 Å².